The van der Waals surface area contributed by atoms with E-state index in [9.17, 15) is 10.2 Å². The molecule has 0 saturated carbocycles. The van der Waals surface area contributed by atoms with E-state index in [4.69, 9.17) is 9.47 Å². The average Bonchev–Trinajstić information content (AvgIpc) is 2.87. The van der Waals surface area contributed by atoms with E-state index in [1.165, 1.54) is 64.2 Å². The largest absolute Gasteiger partial charge is 0.494 e. The Morgan fingerprint density at radius 2 is 0.941 bits per heavy atom. The van der Waals surface area contributed by atoms with Crippen LogP contribution in [0.5, 0.6) is 11.5 Å². The van der Waals surface area contributed by atoms with Gasteiger partial charge in [-0.25, -0.2) is 0 Å². The van der Waals surface area contributed by atoms with Gasteiger partial charge in [-0.1, -0.05) is 102 Å². The summed E-state index contributed by atoms with van der Waals surface area (Å²) >= 11 is 0. The van der Waals surface area contributed by atoms with E-state index in [1.54, 1.807) is 0 Å². The second kappa shape index (κ2) is 17.4. The summed E-state index contributed by atoms with van der Waals surface area (Å²) in [5, 5.41) is 21.6. The van der Waals surface area contributed by atoms with Crippen LogP contribution in [0.1, 0.15) is 114 Å². The molecule has 34 heavy (non-hydrogen) atoms. The number of ether oxygens (including phenoxy) is 2. The molecule has 0 saturated heterocycles. The first-order valence-corrected chi connectivity index (χ1v) is 13.5. The Morgan fingerprint density at radius 1 is 0.559 bits per heavy atom. The SMILES string of the molecule is CCCCCCCCOc1cccc(C(O)C(O)c2cccc(OCCCCCCCC)c2)c1. The highest BCUT2D eigenvalue weighted by atomic mass is 16.5. The van der Waals surface area contributed by atoms with Crippen LogP contribution in [0.4, 0.5) is 0 Å². The molecule has 0 spiro atoms. The fourth-order valence-corrected chi connectivity index (χ4v) is 4.09. The van der Waals surface area contributed by atoms with Gasteiger partial charge in [0.05, 0.1) is 13.2 Å². The third kappa shape index (κ3) is 10.9. The molecule has 0 bridgehead atoms. The lowest BCUT2D eigenvalue weighted by atomic mass is 9.98. The van der Waals surface area contributed by atoms with Crippen molar-refractivity contribution in [3.63, 3.8) is 0 Å². The Labute approximate surface area is 207 Å². The van der Waals surface area contributed by atoms with E-state index in [2.05, 4.69) is 13.8 Å². The molecular formula is C30H46O4. The molecule has 2 unspecified atom stereocenters. The molecule has 0 aliphatic rings. The van der Waals surface area contributed by atoms with Crippen molar-refractivity contribution in [2.45, 2.75) is 103 Å². The van der Waals surface area contributed by atoms with E-state index >= 15 is 0 Å². The zero-order valence-corrected chi connectivity index (χ0v) is 21.4. The Kier molecular flexibility index (Phi) is 14.4. The quantitative estimate of drug-likeness (QED) is 0.205. The maximum absolute atomic E-state index is 10.8. The zero-order chi connectivity index (χ0) is 24.4. The third-order valence-corrected chi connectivity index (χ3v) is 6.23. The molecule has 4 nitrogen and oxygen atoms in total. The van der Waals surface area contributed by atoms with Crippen LogP contribution in [-0.4, -0.2) is 23.4 Å². The predicted octanol–water partition coefficient (Wildman–Crippen LogP) is 7.93. The van der Waals surface area contributed by atoms with E-state index in [1.807, 2.05) is 48.5 Å². The van der Waals surface area contributed by atoms with Gasteiger partial charge < -0.3 is 19.7 Å². The first kappa shape index (κ1) is 28.2. The van der Waals surface area contributed by atoms with Crippen LogP contribution >= 0.6 is 0 Å². The summed E-state index contributed by atoms with van der Waals surface area (Å²) in [4.78, 5) is 0. The minimum Gasteiger partial charge on any atom is -0.494 e. The molecule has 2 atom stereocenters. The summed E-state index contributed by atoms with van der Waals surface area (Å²) in [5.74, 6) is 1.46. The van der Waals surface area contributed by atoms with E-state index in [0.717, 1.165) is 24.3 Å². The summed E-state index contributed by atoms with van der Waals surface area (Å²) in [5.41, 5.74) is 1.29. The van der Waals surface area contributed by atoms with Gasteiger partial charge in [0.15, 0.2) is 0 Å². The lowest BCUT2D eigenvalue weighted by molar-refractivity contribution is 0.0170. The highest BCUT2D eigenvalue weighted by Gasteiger charge is 2.21. The lowest BCUT2D eigenvalue weighted by Crippen LogP contribution is -2.11. The normalized spacial score (nSPS) is 12.9. The topological polar surface area (TPSA) is 58.9 Å². The van der Waals surface area contributed by atoms with Crippen molar-refractivity contribution in [1.29, 1.82) is 0 Å². The molecule has 0 aliphatic heterocycles. The zero-order valence-electron chi connectivity index (χ0n) is 21.4. The van der Waals surface area contributed by atoms with Gasteiger partial charge in [0.2, 0.25) is 0 Å². The van der Waals surface area contributed by atoms with Crippen molar-refractivity contribution in [2.24, 2.45) is 0 Å². The van der Waals surface area contributed by atoms with Crippen LogP contribution in [-0.2, 0) is 0 Å². The van der Waals surface area contributed by atoms with Gasteiger partial charge in [-0.05, 0) is 48.2 Å². The molecule has 0 amide bonds. The minimum absolute atomic E-state index is 0.645. The number of rotatable bonds is 19. The van der Waals surface area contributed by atoms with Crippen LogP contribution in [0, 0.1) is 0 Å². The molecule has 0 aromatic heterocycles. The monoisotopic (exact) mass is 470 g/mol. The molecule has 2 N–H and O–H groups in total. The van der Waals surface area contributed by atoms with Gasteiger partial charge in [-0.2, -0.15) is 0 Å². The number of hydrogen-bond acceptors (Lipinski definition) is 4. The second-order valence-corrected chi connectivity index (χ2v) is 9.27. The molecule has 0 heterocycles. The molecule has 0 radical (unpaired) electrons. The summed E-state index contributed by atoms with van der Waals surface area (Å²) in [6, 6.07) is 14.8. The molecule has 2 rings (SSSR count). The fourth-order valence-electron chi connectivity index (χ4n) is 4.09. The van der Waals surface area contributed by atoms with Crippen molar-refractivity contribution in [1.82, 2.24) is 0 Å². The lowest BCUT2D eigenvalue weighted by Gasteiger charge is -2.20. The molecule has 0 aliphatic carbocycles. The number of aliphatic hydroxyl groups excluding tert-OH is 2. The molecule has 0 fully saturated rings. The highest BCUT2D eigenvalue weighted by molar-refractivity contribution is 5.34. The van der Waals surface area contributed by atoms with Crippen molar-refractivity contribution >= 4 is 0 Å². The summed E-state index contributed by atoms with van der Waals surface area (Å²) in [7, 11) is 0. The Balaban J connectivity index is 1.81. The number of benzene rings is 2. The van der Waals surface area contributed by atoms with Gasteiger partial charge in [0.1, 0.15) is 23.7 Å². The average molecular weight is 471 g/mol. The van der Waals surface area contributed by atoms with Crippen LogP contribution < -0.4 is 9.47 Å². The molecular weight excluding hydrogens is 424 g/mol. The maximum Gasteiger partial charge on any atom is 0.119 e. The molecule has 4 heteroatoms. The predicted molar refractivity (Wildman–Crippen MR) is 141 cm³/mol. The summed E-state index contributed by atoms with van der Waals surface area (Å²) in [6.07, 6.45) is 12.6. The second-order valence-electron chi connectivity index (χ2n) is 9.27. The van der Waals surface area contributed by atoms with Crippen molar-refractivity contribution < 1.29 is 19.7 Å². The highest BCUT2D eigenvalue weighted by Crippen LogP contribution is 2.32. The van der Waals surface area contributed by atoms with Gasteiger partial charge in [-0.15, -0.1) is 0 Å². The van der Waals surface area contributed by atoms with Crippen LogP contribution in [0.2, 0.25) is 0 Å². The minimum atomic E-state index is -1.04. The molecule has 2 aromatic rings. The third-order valence-electron chi connectivity index (χ3n) is 6.23. The molecule has 190 valence electrons. The maximum atomic E-state index is 10.8. The smallest absolute Gasteiger partial charge is 0.119 e. The van der Waals surface area contributed by atoms with Crippen molar-refractivity contribution in [3.05, 3.63) is 59.7 Å². The first-order valence-electron chi connectivity index (χ1n) is 13.5. The summed E-state index contributed by atoms with van der Waals surface area (Å²) in [6.45, 7) is 5.80. The van der Waals surface area contributed by atoms with Gasteiger partial charge in [-0.3, -0.25) is 0 Å². The Morgan fingerprint density at radius 3 is 1.35 bits per heavy atom. The van der Waals surface area contributed by atoms with Crippen molar-refractivity contribution in [3.8, 4) is 11.5 Å². The van der Waals surface area contributed by atoms with Crippen molar-refractivity contribution in [2.75, 3.05) is 13.2 Å². The van der Waals surface area contributed by atoms with Gasteiger partial charge in [0, 0.05) is 0 Å². The van der Waals surface area contributed by atoms with E-state index < -0.39 is 12.2 Å². The Bertz CT molecular complexity index is 710. The van der Waals surface area contributed by atoms with Crippen LogP contribution in [0.25, 0.3) is 0 Å². The van der Waals surface area contributed by atoms with Crippen LogP contribution in [0.15, 0.2) is 48.5 Å². The Hall–Kier alpha value is -2.04. The fraction of sp³-hybridized carbons (Fsp3) is 0.600. The number of hydrogen-bond donors (Lipinski definition) is 2. The number of unbranched alkanes of at least 4 members (excludes halogenated alkanes) is 10. The molecule has 2 aromatic carbocycles. The standard InChI is InChI=1S/C30H46O4/c1-3-5-7-9-11-13-21-33-27-19-15-17-25(23-27)29(31)30(32)26-18-16-20-28(24-26)34-22-14-12-10-8-6-4-2/h15-20,23-24,29-32H,3-14,21-22H2,1-2H3. The van der Waals surface area contributed by atoms with E-state index in [-0.39, 0.29) is 0 Å². The van der Waals surface area contributed by atoms with Crippen LogP contribution in [0.3, 0.4) is 0 Å². The van der Waals surface area contributed by atoms with Gasteiger partial charge in [0.25, 0.3) is 0 Å². The van der Waals surface area contributed by atoms with Gasteiger partial charge >= 0.3 is 0 Å². The van der Waals surface area contributed by atoms with E-state index in [0.29, 0.717) is 24.3 Å². The first-order chi connectivity index (χ1) is 16.7. The number of aliphatic hydroxyl groups is 2. The summed E-state index contributed by atoms with van der Waals surface area (Å²) < 4.78 is 11.8.